The SMILES string of the molecule is Cc1ccc(CN(C)c2nnc(C(C)(C)C)s2)o1. The molecule has 2 aromatic heterocycles. The molecule has 2 heterocycles. The third-order valence-corrected chi connectivity index (χ3v) is 4.03. The van der Waals surface area contributed by atoms with Gasteiger partial charge in [0.05, 0.1) is 6.54 Å². The van der Waals surface area contributed by atoms with Crippen LogP contribution in [0.1, 0.15) is 37.3 Å². The molecule has 0 saturated heterocycles. The van der Waals surface area contributed by atoms with Crippen LogP contribution in [0.3, 0.4) is 0 Å². The van der Waals surface area contributed by atoms with Crippen molar-refractivity contribution in [2.75, 3.05) is 11.9 Å². The molecule has 0 aromatic carbocycles. The van der Waals surface area contributed by atoms with Gasteiger partial charge in [-0.15, -0.1) is 10.2 Å². The van der Waals surface area contributed by atoms with Crippen LogP contribution in [0.4, 0.5) is 5.13 Å². The Labute approximate surface area is 112 Å². The van der Waals surface area contributed by atoms with Crippen molar-refractivity contribution in [3.8, 4) is 0 Å². The average Bonchev–Trinajstić information content (AvgIpc) is 2.85. The Morgan fingerprint density at radius 2 is 2.00 bits per heavy atom. The van der Waals surface area contributed by atoms with Gasteiger partial charge in [0.1, 0.15) is 16.5 Å². The Balaban J connectivity index is 2.09. The van der Waals surface area contributed by atoms with E-state index >= 15 is 0 Å². The first-order valence-corrected chi connectivity index (χ1v) is 6.78. The third kappa shape index (κ3) is 2.90. The van der Waals surface area contributed by atoms with Crippen LogP contribution in [-0.2, 0) is 12.0 Å². The maximum Gasteiger partial charge on any atom is 0.208 e. The Bertz CT molecular complexity index is 524. The number of hydrogen-bond donors (Lipinski definition) is 0. The zero-order valence-electron chi connectivity index (χ0n) is 11.5. The van der Waals surface area contributed by atoms with Crippen LogP contribution < -0.4 is 4.90 Å². The zero-order valence-corrected chi connectivity index (χ0v) is 12.3. The minimum atomic E-state index is 0.0536. The largest absolute Gasteiger partial charge is 0.464 e. The Kier molecular flexibility index (Phi) is 3.43. The van der Waals surface area contributed by atoms with Gasteiger partial charge < -0.3 is 9.32 Å². The highest BCUT2D eigenvalue weighted by molar-refractivity contribution is 7.15. The molecular weight excluding hydrogens is 246 g/mol. The van der Waals surface area contributed by atoms with Crippen LogP contribution in [0, 0.1) is 6.92 Å². The molecule has 0 spiro atoms. The molecule has 0 amide bonds. The van der Waals surface area contributed by atoms with Gasteiger partial charge in [-0.3, -0.25) is 0 Å². The Morgan fingerprint density at radius 1 is 1.28 bits per heavy atom. The van der Waals surface area contributed by atoms with E-state index in [9.17, 15) is 0 Å². The van der Waals surface area contributed by atoms with Crippen molar-refractivity contribution in [3.63, 3.8) is 0 Å². The number of aryl methyl sites for hydroxylation is 1. The second-order valence-electron chi connectivity index (χ2n) is 5.51. The number of nitrogens with zero attached hydrogens (tertiary/aromatic N) is 3. The van der Waals surface area contributed by atoms with E-state index in [1.165, 1.54) is 0 Å². The highest BCUT2D eigenvalue weighted by Crippen LogP contribution is 2.29. The summed E-state index contributed by atoms with van der Waals surface area (Å²) in [7, 11) is 2.00. The molecule has 4 nitrogen and oxygen atoms in total. The number of aromatic nitrogens is 2. The number of hydrogen-bond acceptors (Lipinski definition) is 5. The van der Waals surface area contributed by atoms with Gasteiger partial charge in [-0.25, -0.2) is 0 Å². The van der Waals surface area contributed by atoms with Crippen LogP contribution in [-0.4, -0.2) is 17.2 Å². The summed E-state index contributed by atoms with van der Waals surface area (Å²) in [6.45, 7) is 9.10. The van der Waals surface area contributed by atoms with E-state index in [0.717, 1.165) is 21.7 Å². The fourth-order valence-corrected chi connectivity index (χ4v) is 2.41. The van der Waals surface area contributed by atoms with Gasteiger partial charge >= 0.3 is 0 Å². The standard InChI is InChI=1S/C13H19N3OS/c1-9-6-7-10(17-9)8-16(5)12-15-14-11(18-12)13(2,3)4/h6-7H,8H2,1-5H3. The average molecular weight is 265 g/mol. The van der Waals surface area contributed by atoms with E-state index in [0.29, 0.717) is 6.54 Å². The molecular formula is C13H19N3OS. The Morgan fingerprint density at radius 3 is 2.50 bits per heavy atom. The fraction of sp³-hybridized carbons (Fsp3) is 0.538. The predicted octanol–water partition coefficient (Wildman–Crippen LogP) is 3.37. The lowest BCUT2D eigenvalue weighted by Gasteiger charge is -2.14. The second kappa shape index (κ2) is 4.72. The molecule has 18 heavy (non-hydrogen) atoms. The van der Waals surface area contributed by atoms with E-state index in [-0.39, 0.29) is 5.41 Å². The third-order valence-electron chi connectivity index (χ3n) is 2.57. The van der Waals surface area contributed by atoms with Gasteiger partial charge in [0.2, 0.25) is 5.13 Å². The van der Waals surface area contributed by atoms with Crippen molar-refractivity contribution in [1.82, 2.24) is 10.2 Å². The van der Waals surface area contributed by atoms with Gasteiger partial charge in [-0.05, 0) is 19.1 Å². The maximum atomic E-state index is 5.56. The van der Waals surface area contributed by atoms with Crippen LogP contribution in [0.25, 0.3) is 0 Å². The molecule has 0 aliphatic rings. The molecule has 0 aliphatic carbocycles. The van der Waals surface area contributed by atoms with Gasteiger partial charge in [0, 0.05) is 12.5 Å². The second-order valence-corrected chi connectivity index (χ2v) is 6.46. The maximum absolute atomic E-state index is 5.56. The van der Waals surface area contributed by atoms with Crippen LogP contribution in [0.2, 0.25) is 0 Å². The van der Waals surface area contributed by atoms with Gasteiger partial charge in [0.25, 0.3) is 0 Å². The van der Waals surface area contributed by atoms with E-state index in [1.807, 2.05) is 26.1 Å². The molecule has 0 radical (unpaired) electrons. The zero-order chi connectivity index (χ0) is 13.3. The lowest BCUT2D eigenvalue weighted by molar-refractivity contribution is 0.481. The number of rotatable bonds is 3. The van der Waals surface area contributed by atoms with Gasteiger partial charge in [-0.2, -0.15) is 0 Å². The van der Waals surface area contributed by atoms with E-state index in [4.69, 9.17) is 4.42 Å². The van der Waals surface area contributed by atoms with E-state index < -0.39 is 0 Å². The molecule has 5 heteroatoms. The minimum absolute atomic E-state index is 0.0536. The van der Waals surface area contributed by atoms with Crippen LogP contribution in [0.5, 0.6) is 0 Å². The molecule has 0 saturated carbocycles. The van der Waals surface area contributed by atoms with Gasteiger partial charge in [0.15, 0.2) is 0 Å². The van der Waals surface area contributed by atoms with Crippen molar-refractivity contribution >= 4 is 16.5 Å². The quantitative estimate of drug-likeness (QED) is 0.853. The first kappa shape index (κ1) is 13.1. The number of anilines is 1. The minimum Gasteiger partial charge on any atom is -0.464 e. The highest BCUT2D eigenvalue weighted by Gasteiger charge is 2.20. The van der Waals surface area contributed by atoms with E-state index in [2.05, 4.69) is 35.9 Å². The summed E-state index contributed by atoms with van der Waals surface area (Å²) in [5.74, 6) is 1.88. The van der Waals surface area contributed by atoms with Crippen LogP contribution in [0.15, 0.2) is 16.5 Å². The summed E-state index contributed by atoms with van der Waals surface area (Å²) in [5, 5.41) is 10.5. The lowest BCUT2D eigenvalue weighted by Crippen LogP contribution is -2.15. The van der Waals surface area contributed by atoms with E-state index in [1.54, 1.807) is 11.3 Å². The summed E-state index contributed by atoms with van der Waals surface area (Å²) in [5.41, 5.74) is 0.0536. The molecule has 0 fully saturated rings. The molecule has 0 unspecified atom stereocenters. The van der Waals surface area contributed by atoms with Crippen molar-refractivity contribution in [1.29, 1.82) is 0 Å². The normalized spacial score (nSPS) is 11.8. The lowest BCUT2D eigenvalue weighted by atomic mass is 9.98. The smallest absolute Gasteiger partial charge is 0.208 e. The van der Waals surface area contributed by atoms with Crippen molar-refractivity contribution in [3.05, 3.63) is 28.7 Å². The first-order valence-electron chi connectivity index (χ1n) is 5.96. The highest BCUT2D eigenvalue weighted by atomic mass is 32.1. The molecule has 2 rings (SSSR count). The Hall–Kier alpha value is -1.36. The van der Waals surface area contributed by atoms with Crippen molar-refractivity contribution < 1.29 is 4.42 Å². The fourth-order valence-electron chi connectivity index (χ4n) is 1.54. The molecule has 0 atom stereocenters. The molecule has 0 N–H and O–H groups in total. The summed E-state index contributed by atoms with van der Waals surface area (Å²) in [6, 6.07) is 3.97. The van der Waals surface area contributed by atoms with Crippen molar-refractivity contribution in [2.45, 2.75) is 39.7 Å². The topological polar surface area (TPSA) is 42.2 Å². The van der Waals surface area contributed by atoms with Crippen molar-refractivity contribution in [2.24, 2.45) is 0 Å². The van der Waals surface area contributed by atoms with Crippen LogP contribution >= 0.6 is 11.3 Å². The molecule has 0 bridgehead atoms. The summed E-state index contributed by atoms with van der Waals surface area (Å²) >= 11 is 1.64. The predicted molar refractivity (Wildman–Crippen MR) is 74.2 cm³/mol. The summed E-state index contributed by atoms with van der Waals surface area (Å²) in [4.78, 5) is 2.06. The molecule has 98 valence electrons. The monoisotopic (exact) mass is 265 g/mol. The molecule has 0 aliphatic heterocycles. The summed E-state index contributed by atoms with van der Waals surface area (Å²) in [6.07, 6.45) is 0. The summed E-state index contributed by atoms with van der Waals surface area (Å²) < 4.78 is 5.56. The molecule has 2 aromatic rings. The first-order chi connectivity index (χ1) is 8.36. The number of furan rings is 1. The van der Waals surface area contributed by atoms with Gasteiger partial charge in [-0.1, -0.05) is 32.1 Å².